The van der Waals surface area contributed by atoms with Crippen LogP contribution in [0.2, 0.25) is 0 Å². The Bertz CT molecular complexity index is 892. The van der Waals surface area contributed by atoms with Gasteiger partial charge in [-0.1, -0.05) is 35.0 Å². The number of hydrogen-bond donors (Lipinski definition) is 0. The van der Waals surface area contributed by atoms with E-state index in [1.54, 1.807) is 0 Å². The van der Waals surface area contributed by atoms with Gasteiger partial charge >= 0.3 is 0 Å². The molecule has 0 radical (unpaired) electrons. The highest BCUT2D eigenvalue weighted by Gasteiger charge is 2.16. The molecule has 1 aromatic heterocycles. The van der Waals surface area contributed by atoms with Crippen molar-refractivity contribution in [3.05, 3.63) is 70.9 Å². The van der Waals surface area contributed by atoms with Crippen LogP contribution in [0, 0.1) is 29.9 Å². The van der Waals surface area contributed by atoms with Gasteiger partial charge in [-0.3, -0.25) is 0 Å². The molecule has 23 heavy (non-hydrogen) atoms. The zero-order chi connectivity index (χ0) is 16.4. The van der Waals surface area contributed by atoms with E-state index in [0.29, 0.717) is 17.8 Å². The Balaban J connectivity index is 2.05. The monoisotopic (exact) mass is 310 g/mol. The maximum Gasteiger partial charge on any atom is 0.190 e. The Kier molecular flexibility index (Phi) is 3.85. The lowest BCUT2D eigenvalue weighted by atomic mass is 10.1. The van der Waals surface area contributed by atoms with Crippen molar-refractivity contribution in [1.82, 2.24) is 15.0 Å². The molecule has 0 aliphatic carbocycles. The van der Waals surface area contributed by atoms with Gasteiger partial charge in [0.05, 0.1) is 6.54 Å². The second kappa shape index (κ2) is 5.97. The Hall–Kier alpha value is -3.07. The van der Waals surface area contributed by atoms with Gasteiger partial charge in [0, 0.05) is 5.56 Å². The lowest BCUT2D eigenvalue weighted by Gasteiger charge is -2.08. The molecular formula is C17H12F2N4. The summed E-state index contributed by atoms with van der Waals surface area (Å²) in [6, 6.07) is 13.2. The van der Waals surface area contributed by atoms with E-state index >= 15 is 0 Å². The number of nitrogens with zero attached hydrogens (tertiary/aromatic N) is 4. The summed E-state index contributed by atoms with van der Waals surface area (Å²) < 4.78 is 28.1. The quantitative estimate of drug-likeness (QED) is 0.744. The van der Waals surface area contributed by atoms with Crippen molar-refractivity contribution >= 4 is 0 Å². The molecule has 0 spiro atoms. The van der Waals surface area contributed by atoms with Crippen LogP contribution in [0.15, 0.2) is 42.5 Å². The number of hydrogen-bond acceptors (Lipinski definition) is 3. The fourth-order valence-corrected chi connectivity index (χ4v) is 2.29. The first-order valence-electron chi connectivity index (χ1n) is 6.93. The fourth-order valence-electron chi connectivity index (χ4n) is 2.29. The van der Waals surface area contributed by atoms with Crippen LogP contribution in [-0.2, 0) is 6.54 Å². The number of rotatable bonds is 3. The zero-order valence-electron chi connectivity index (χ0n) is 12.3. The summed E-state index contributed by atoms with van der Waals surface area (Å²) in [4.78, 5) is 0. The van der Waals surface area contributed by atoms with Crippen molar-refractivity contribution in [3.63, 3.8) is 0 Å². The highest BCUT2D eigenvalue weighted by molar-refractivity contribution is 5.65. The lowest BCUT2D eigenvalue weighted by Crippen LogP contribution is -2.04. The molecule has 0 atom stereocenters. The van der Waals surface area contributed by atoms with E-state index in [2.05, 4.69) is 10.3 Å². The fraction of sp³-hybridized carbons (Fsp3) is 0.118. The molecular weight excluding hydrogens is 298 g/mol. The Labute approximate surface area is 131 Å². The molecule has 3 rings (SSSR count). The van der Waals surface area contributed by atoms with Crippen LogP contribution >= 0.6 is 0 Å². The van der Waals surface area contributed by atoms with Crippen molar-refractivity contribution in [3.8, 4) is 17.3 Å². The van der Waals surface area contributed by atoms with Crippen LogP contribution in [0.3, 0.4) is 0 Å². The summed E-state index contributed by atoms with van der Waals surface area (Å²) in [6.45, 7) is 2.36. The SMILES string of the molecule is Cc1ccc(Cn2nnc(C#N)c2-c2ccc(F)c(F)c2)cc1. The first-order valence-corrected chi connectivity index (χ1v) is 6.93. The molecule has 0 unspecified atom stereocenters. The van der Waals surface area contributed by atoms with Gasteiger partial charge in [-0.2, -0.15) is 5.26 Å². The molecule has 6 heteroatoms. The summed E-state index contributed by atoms with van der Waals surface area (Å²) in [6.07, 6.45) is 0. The second-order valence-corrected chi connectivity index (χ2v) is 5.17. The molecule has 0 saturated carbocycles. The molecule has 4 nitrogen and oxygen atoms in total. The minimum Gasteiger partial charge on any atom is -0.239 e. The summed E-state index contributed by atoms with van der Waals surface area (Å²) in [5, 5.41) is 17.0. The first-order chi connectivity index (χ1) is 11.1. The van der Waals surface area contributed by atoms with Crippen LogP contribution in [0.1, 0.15) is 16.8 Å². The topological polar surface area (TPSA) is 54.5 Å². The third-order valence-corrected chi connectivity index (χ3v) is 3.49. The van der Waals surface area contributed by atoms with Gasteiger partial charge in [-0.25, -0.2) is 13.5 Å². The molecule has 0 amide bonds. The molecule has 0 N–H and O–H groups in total. The molecule has 1 heterocycles. The number of aromatic nitrogens is 3. The molecule has 0 fully saturated rings. The number of benzene rings is 2. The second-order valence-electron chi connectivity index (χ2n) is 5.17. The minimum atomic E-state index is -0.977. The van der Waals surface area contributed by atoms with Crippen LogP contribution in [-0.4, -0.2) is 15.0 Å². The Morgan fingerprint density at radius 3 is 2.48 bits per heavy atom. The van der Waals surface area contributed by atoms with E-state index in [0.717, 1.165) is 23.3 Å². The third kappa shape index (κ3) is 2.94. The maximum absolute atomic E-state index is 13.5. The van der Waals surface area contributed by atoms with E-state index < -0.39 is 11.6 Å². The van der Waals surface area contributed by atoms with E-state index in [1.807, 2.05) is 37.3 Å². The van der Waals surface area contributed by atoms with Crippen molar-refractivity contribution in [2.24, 2.45) is 0 Å². The average molecular weight is 310 g/mol. The largest absolute Gasteiger partial charge is 0.239 e. The normalized spacial score (nSPS) is 10.5. The van der Waals surface area contributed by atoms with Crippen LogP contribution in [0.4, 0.5) is 8.78 Å². The summed E-state index contributed by atoms with van der Waals surface area (Å²) >= 11 is 0. The first kappa shape index (κ1) is 14.9. The predicted octanol–water partition coefficient (Wildman–Crippen LogP) is 3.45. The third-order valence-electron chi connectivity index (χ3n) is 3.49. The van der Waals surface area contributed by atoms with Crippen molar-refractivity contribution in [2.75, 3.05) is 0 Å². The molecule has 0 saturated heterocycles. The predicted molar refractivity (Wildman–Crippen MR) is 80.4 cm³/mol. The summed E-state index contributed by atoms with van der Waals surface area (Å²) in [7, 11) is 0. The Morgan fingerprint density at radius 2 is 1.83 bits per heavy atom. The van der Waals surface area contributed by atoms with Crippen molar-refractivity contribution < 1.29 is 8.78 Å². The summed E-state index contributed by atoms with van der Waals surface area (Å²) in [5.74, 6) is -1.92. The standard InChI is InChI=1S/C17H12F2N4/c1-11-2-4-12(5-3-11)10-23-17(16(9-20)21-22-23)13-6-7-14(18)15(19)8-13/h2-8H,10H2,1H3. The Morgan fingerprint density at radius 1 is 1.09 bits per heavy atom. The van der Waals surface area contributed by atoms with Gasteiger partial charge in [0.25, 0.3) is 0 Å². The van der Waals surface area contributed by atoms with Crippen LogP contribution < -0.4 is 0 Å². The van der Waals surface area contributed by atoms with E-state index in [1.165, 1.54) is 10.7 Å². The van der Waals surface area contributed by atoms with Gasteiger partial charge in [0.1, 0.15) is 11.8 Å². The van der Waals surface area contributed by atoms with E-state index in [9.17, 15) is 14.0 Å². The zero-order valence-corrected chi connectivity index (χ0v) is 12.3. The van der Waals surface area contributed by atoms with Gasteiger partial charge < -0.3 is 0 Å². The van der Waals surface area contributed by atoms with Gasteiger partial charge in [0.15, 0.2) is 17.3 Å². The highest BCUT2D eigenvalue weighted by atomic mass is 19.2. The highest BCUT2D eigenvalue weighted by Crippen LogP contribution is 2.24. The number of aryl methyl sites for hydroxylation is 1. The maximum atomic E-state index is 13.5. The number of nitriles is 1. The number of halogens is 2. The molecule has 3 aromatic rings. The van der Waals surface area contributed by atoms with Gasteiger partial charge in [-0.15, -0.1) is 5.10 Å². The molecule has 2 aromatic carbocycles. The van der Waals surface area contributed by atoms with Crippen LogP contribution in [0.5, 0.6) is 0 Å². The van der Waals surface area contributed by atoms with Crippen molar-refractivity contribution in [2.45, 2.75) is 13.5 Å². The van der Waals surface area contributed by atoms with E-state index in [-0.39, 0.29) is 5.69 Å². The molecule has 0 aliphatic rings. The average Bonchev–Trinajstić information content (AvgIpc) is 2.95. The minimum absolute atomic E-state index is 0.0723. The summed E-state index contributed by atoms with van der Waals surface area (Å²) in [5.41, 5.74) is 2.90. The van der Waals surface area contributed by atoms with E-state index in [4.69, 9.17) is 0 Å². The molecule has 0 aliphatic heterocycles. The van der Waals surface area contributed by atoms with Crippen molar-refractivity contribution in [1.29, 1.82) is 5.26 Å². The molecule has 114 valence electrons. The smallest absolute Gasteiger partial charge is 0.190 e. The lowest BCUT2D eigenvalue weighted by molar-refractivity contribution is 0.509. The van der Waals surface area contributed by atoms with Crippen LogP contribution in [0.25, 0.3) is 11.3 Å². The molecule has 0 bridgehead atoms. The van der Waals surface area contributed by atoms with Gasteiger partial charge in [0.2, 0.25) is 0 Å². The van der Waals surface area contributed by atoms with Gasteiger partial charge in [-0.05, 0) is 30.7 Å².